The highest BCUT2D eigenvalue weighted by molar-refractivity contribution is 5.89. The molecule has 2 amide bonds. The van der Waals surface area contributed by atoms with Gasteiger partial charge in [0.15, 0.2) is 0 Å². The van der Waals surface area contributed by atoms with Crippen LogP contribution in [0.4, 0.5) is 10.5 Å². The summed E-state index contributed by atoms with van der Waals surface area (Å²) in [6.45, 7) is 2.57. The molecule has 0 aliphatic heterocycles. The maximum absolute atomic E-state index is 12.0. The number of carbonyl (C=O) groups excluding carboxylic acids is 1. The first-order valence-corrected chi connectivity index (χ1v) is 7.94. The van der Waals surface area contributed by atoms with Crippen molar-refractivity contribution < 1.29 is 9.53 Å². The summed E-state index contributed by atoms with van der Waals surface area (Å²) in [5, 5.41) is 5.68. The molecule has 2 aromatic rings. The molecule has 1 atom stereocenters. The van der Waals surface area contributed by atoms with Gasteiger partial charge in [0.2, 0.25) is 0 Å². The third-order valence-corrected chi connectivity index (χ3v) is 3.65. The van der Waals surface area contributed by atoms with Gasteiger partial charge in [-0.25, -0.2) is 4.79 Å². The van der Waals surface area contributed by atoms with Crippen LogP contribution >= 0.6 is 0 Å². The Kier molecular flexibility index (Phi) is 6.63. The van der Waals surface area contributed by atoms with E-state index in [0.29, 0.717) is 6.54 Å². The van der Waals surface area contributed by atoms with Gasteiger partial charge in [0.1, 0.15) is 0 Å². The van der Waals surface area contributed by atoms with Gasteiger partial charge in [-0.3, -0.25) is 0 Å². The molecule has 0 aliphatic rings. The normalized spacial score (nSPS) is 11.7. The van der Waals surface area contributed by atoms with Crippen LogP contribution in [0.3, 0.4) is 0 Å². The van der Waals surface area contributed by atoms with Gasteiger partial charge in [-0.05, 0) is 29.7 Å². The summed E-state index contributed by atoms with van der Waals surface area (Å²) in [4.78, 5) is 12.0. The van der Waals surface area contributed by atoms with Crippen LogP contribution in [0.25, 0.3) is 0 Å². The SMILES string of the molecule is CCCc1ccc(NC(=O)NCC(OC)c2ccccc2)cc1. The molecule has 0 saturated carbocycles. The lowest BCUT2D eigenvalue weighted by atomic mass is 10.1. The van der Waals surface area contributed by atoms with Crippen molar-refractivity contribution in [2.75, 3.05) is 19.0 Å². The largest absolute Gasteiger partial charge is 0.375 e. The lowest BCUT2D eigenvalue weighted by Gasteiger charge is -2.17. The fourth-order valence-corrected chi connectivity index (χ4v) is 2.41. The van der Waals surface area contributed by atoms with Gasteiger partial charge < -0.3 is 15.4 Å². The highest BCUT2D eigenvalue weighted by Crippen LogP contribution is 2.15. The predicted molar refractivity (Wildman–Crippen MR) is 93.7 cm³/mol. The highest BCUT2D eigenvalue weighted by atomic mass is 16.5. The number of hydrogen-bond donors (Lipinski definition) is 2. The number of benzene rings is 2. The van der Waals surface area contributed by atoms with E-state index < -0.39 is 0 Å². The Hall–Kier alpha value is -2.33. The summed E-state index contributed by atoms with van der Waals surface area (Å²) in [7, 11) is 1.64. The molecular formula is C19H24N2O2. The van der Waals surface area contributed by atoms with Crippen LogP contribution < -0.4 is 10.6 Å². The van der Waals surface area contributed by atoms with Gasteiger partial charge in [-0.15, -0.1) is 0 Å². The second-order valence-electron chi connectivity index (χ2n) is 5.42. The molecule has 0 heterocycles. The van der Waals surface area contributed by atoms with E-state index in [1.807, 2.05) is 54.6 Å². The van der Waals surface area contributed by atoms with Crippen LogP contribution in [-0.2, 0) is 11.2 Å². The highest BCUT2D eigenvalue weighted by Gasteiger charge is 2.11. The van der Waals surface area contributed by atoms with Crippen molar-refractivity contribution in [3.63, 3.8) is 0 Å². The predicted octanol–water partition coefficient (Wildman–Crippen LogP) is 4.15. The van der Waals surface area contributed by atoms with Gasteiger partial charge in [0.25, 0.3) is 0 Å². The lowest BCUT2D eigenvalue weighted by Crippen LogP contribution is -2.32. The number of urea groups is 1. The van der Waals surface area contributed by atoms with Crippen molar-refractivity contribution in [2.45, 2.75) is 25.9 Å². The molecule has 23 heavy (non-hydrogen) atoms. The molecule has 2 aromatic carbocycles. The molecule has 122 valence electrons. The van der Waals surface area contributed by atoms with Crippen molar-refractivity contribution in [1.82, 2.24) is 5.32 Å². The molecule has 4 heteroatoms. The Labute approximate surface area is 137 Å². The summed E-state index contributed by atoms with van der Waals surface area (Å²) >= 11 is 0. The number of amides is 2. The summed E-state index contributed by atoms with van der Waals surface area (Å²) in [5.74, 6) is 0. The number of carbonyl (C=O) groups is 1. The summed E-state index contributed by atoms with van der Waals surface area (Å²) in [6, 6.07) is 17.6. The first-order chi connectivity index (χ1) is 11.2. The third-order valence-electron chi connectivity index (χ3n) is 3.65. The van der Waals surface area contributed by atoms with Crippen molar-refractivity contribution in [3.05, 3.63) is 65.7 Å². The second kappa shape index (κ2) is 8.96. The van der Waals surface area contributed by atoms with Crippen LogP contribution in [0.15, 0.2) is 54.6 Å². The van der Waals surface area contributed by atoms with E-state index >= 15 is 0 Å². The van der Waals surface area contributed by atoms with E-state index in [-0.39, 0.29) is 12.1 Å². The average Bonchev–Trinajstić information content (AvgIpc) is 2.58. The molecule has 0 aromatic heterocycles. The second-order valence-corrected chi connectivity index (χ2v) is 5.42. The lowest BCUT2D eigenvalue weighted by molar-refractivity contribution is 0.104. The zero-order chi connectivity index (χ0) is 16.5. The number of hydrogen-bond acceptors (Lipinski definition) is 2. The molecule has 1 unspecified atom stereocenters. The van der Waals surface area contributed by atoms with E-state index in [9.17, 15) is 4.79 Å². The van der Waals surface area contributed by atoms with E-state index in [1.54, 1.807) is 7.11 Å². The summed E-state index contributed by atoms with van der Waals surface area (Å²) in [6.07, 6.45) is 2.01. The van der Waals surface area contributed by atoms with E-state index in [2.05, 4.69) is 17.6 Å². The Bertz CT molecular complexity index is 597. The van der Waals surface area contributed by atoms with Crippen molar-refractivity contribution >= 4 is 11.7 Å². The smallest absolute Gasteiger partial charge is 0.319 e. The third kappa shape index (κ3) is 5.42. The average molecular weight is 312 g/mol. The monoisotopic (exact) mass is 312 g/mol. The number of anilines is 1. The summed E-state index contributed by atoms with van der Waals surface area (Å²) < 4.78 is 5.44. The molecule has 2 N–H and O–H groups in total. The van der Waals surface area contributed by atoms with Gasteiger partial charge in [0.05, 0.1) is 6.10 Å². The zero-order valence-electron chi connectivity index (χ0n) is 13.7. The first-order valence-electron chi connectivity index (χ1n) is 7.94. The van der Waals surface area contributed by atoms with Crippen LogP contribution in [0.2, 0.25) is 0 Å². The molecule has 0 aliphatic carbocycles. The number of nitrogens with one attached hydrogen (secondary N) is 2. The first kappa shape index (κ1) is 17.0. The molecular weight excluding hydrogens is 288 g/mol. The molecule has 0 saturated heterocycles. The van der Waals surface area contributed by atoms with E-state index in [0.717, 1.165) is 24.1 Å². The zero-order valence-corrected chi connectivity index (χ0v) is 13.7. The molecule has 0 radical (unpaired) electrons. The van der Waals surface area contributed by atoms with Crippen LogP contribution in [0.5, 0.6) is 0 Å². The van der Waals surface area contributed by atoms with Gasteiger partial charge >= 0.3 is 6.03 Å². The molecule has 2 rings (SSSR count). The quantitative estimate of drug-likeness (QED) is 0.807. The van der Waals surface area contributed by atoms with Gasteiger partial charge in [0, 0.05) is 19.3 Å². The molecule has 0 spiro atoms. The van der Waals surface area contributed by atoms with Crippen molar-refractivity contribution in [2.24, 2.45) is 0 Å². The Morgan fingerprint density at radius 3 is 2.39 bits per heavy atom. The van der Waals surface area contributed by atoms with Crippen LogP contribution in [-0.4, -0.2) is 19.7 Å². The maximum Gasteiger partial charge on any atom is 0.319 e. The van der Waals surface area contributed by atoms with Gasteiger partial charge in [-0.1, -0.05) is 55.8 Å². The standard InChI is InChI=1S/C19H24N2O2/c1-3-7-15-10-12-17(13-11-15)21-19(22)20-14-18(23-2)16-8-5-4-6-9-16/h4-6,8-13,18H,3,7,14H2,1-2H3,(H2,20,21,22). The van der Waals surface area contributed by atoms with Gasteiger partial charge in [-0.2, -0.15) is 0 Å². The van der Waals surface area contributed by atoms with E-state index in [1.165, 1.54) is 5.56 Å². The minimum absolute atomic E-state index is 0.158. The maximum atomic E-state index is 12.0. The Morgan fingerprint density at radius 1 is 1.09 bits per heavy atom. The Morgan fingerprint density at radius 2 is 1.78 bits per heavy atom. The number of aryl methyl sites for hydroxylation is 1. The number of rotatable bonds is 7. The number of ether oxygens (including phenoxy) is 1. The van der Waals surface area contributed by atoms with Crippen molar-refractivity contribution in [1.29, 1.82) is 0 Å². The number of methoxy groups -OCH3 is 1. The van der Waals surface area contributed by atoms with Crippen LogP contribution in [0.1, 0.15) is 30.6 Å². The van der Waals surface area contributed by atoms with Crippen molar-refractivity contribution in [3.8, 4) is 0 Å². The minimum Gasteiger partial charge on any atom is -0.375 e. The molecule has 0 bridgehead atoms. The molecule has 4 nitrogen and oxygen atoms in total. The topological polar surface area (TPSA) is 50.4 Å². The van der Waals surface area contributed by atoms with E-state index in [4.69, 9.17) is 4.74 Å². The Balaban J connectivity index is 1.84. The fraction of sp³-hybridized carbons (Fsp3) is 0.316. The minimum atomic E-state index is -0.230. The fourth-order valence-electron chi connectivity index (χ4n) is 2.41. The van der Waals surface area contributed by atoms with Crippen LogP contribution in [0, 0.1) is 0 Å². The molecule has 0 fully saturated rings. The summed E-state index contributed by atoms with van der Waals surface area (Å²) in [5.41, 5.74) is 3.11.